The van der Waals surface area contributed by atoms with E-state index in [2.05, 4.69) is 46.7 Å². The predicted octanol–water partition coefficient (Wildman–Crippen LogP) is 3.37. The van der Waals surface area contributed by atoms with Crippen LogP contribution in [0.25, 0.3) is 0 Å². The lowest BCUT2D eigenvalue weighted by molar-refractivity contribution is -0.143. The molecule has 2 aromatic carbocycles. The minimum Gasteiger partial charge on any atom is -0.480 e. The van der Waals surface area contributed by atoms with E-state index in [-0.39, 0.29) is 18.2 Å². The van der Waals surface area contributed by atoms with E-state index in [1.165, 1.54) is 0 Å². The Morgan fingerprint density at radius 1 is 1.08 bits per heavy atom. The number of rotatable bonds is 10. The number of carboxylic acid groups (broad SMARTS) is 1. The number of benzene rings is 2. The van der Waals surface area contributed by atoms with Crippen LogP contribution in [0, 0.1) is 0 Å². The third-order valence-electron chi connectivity index (χ3n) is 7.45. The number of oxime groups is 1. The lowest BCUT2D eigenvalue weighted by atomic mass is 9.84. The maximum Gasteiger partial charge on any atom is 0.317 e. The summed E-state index contributed by atoms with van der Waals surface area (Å²) in [6, 6.07) is 18.4. The minimum atomic E-state index is -0.793. The molecule has 3 aliphatic heterocycles. The van der Waals surface area contributed by atoms with Crippen molar-refractivity contribution in [2.24, 2.45) is 10.3 Å². The van der Waals surface area contributed by atoms with Crippen molar-refractivity contribution in [3.8, 4) is 0 Å². The first-order valence-corrected chi connectivity index (χ1v) is 13.4. The van der Waals surface area contributed by atoms with Gasteiger partial charge in [0.25, 0.3) is 0 Å². The number of morpholine rings is 1. The van der Waals surface area contributed by atoms with Crippen LogP contribution in [-0.2, 0) is 25.7 Å². The van der Waals surface area contributed by atoms with Crippen molar-refractivity contribution in [1.82, 2.24) is 9.91 Å². The van der Waals surface area contributed by atoms with Gasteiger partial charge in [-0.2, -0.15) is 5.10 Å². The van der Waals surface area contributed by atoms with Crippen molar-refractivity contribution in [3.63, 3.8) is 0 Å². The number of likely N-dealkylation sites (tertiary alicyclic amines) is 1. The van der Waals surface area contributed by atoms with Crippen LogP contribution in [0.5, 0.6) is 0 Å². The fourth-order valence-corrected chi connectivity index (χ4v) is 5.23. The van der Waals surface area contributed by atoms with Crippen molar-refractivity contribution >= 4 is 17.9 Å². The fourth-order valence-electron chi connectivity index (χ4n) is 5.23. The van der Waals surface area contributed by atoms with Crippen molar-refractivity contribution in [2.75, 3.05) is 45.9 Å². The van der Waals surface area contributed by atoms with Gasteiger partial charge in [0, 0.05) is 25.9 Å². The molecule has 2 aromatic rings. The van der Waals surface area contributed by atoms with Crippen LogP contribution >= 0.6 is 0 Å². The number of piperidine rings is 1. The van der Waals surface area contributed by atoms with E-state index in [4.69, 9.17) is 14.3 Å². The van der Waals surface area contributed by atoms with Gasteiger partial charge in [-0.15, -0.1) is 0 Å². The van der Waals surface area contributed by atoms with Crippen molar-refractivity contribution < 1.29 is 24.2 Å². The van der Waals surface area contributed by atoms with Gasteiger partial charge in [0.15, 0.2) is 0 Å². The number of carbonyl (C=O) groups is 1. The summed E-state index contributed by atoms with van der Waals surface area (Å²) in [6.07, 6.45) is 4.78. The molecule has 1 unspecified atom stereocenters. The van der Waals surface area contributed by atoms with Crippen molar-refractivity contribution in [3.05, 3.63) is 71.3 Å². The minimum absolute atomic E-state index is 0.0646. The lowest BCUT2D eigenvalue weighted by Gasteiger charge is -2.42. The second kappa shape index (κ2) is 12.5. The summed E-state index contributed by atoms with van der Waals surface area (Å²) in [5.74, 6) is -0.793. The van der Waals surface area contributed by atoms with Crippen LogP contribution in [-0.4, -0.2) is 90.6 Å². The molecule has 0 bridgehead atoms. The first kappa shape index (κ1) is 26.3. The Kier molecular flexibility index (Phi) is 8.68. The summed E-state index contributed by atoms with van der Waals surface area (Å²) in [6.45, 7) is 5.04. The van der Waals surface area contributed by atoms with Gasteiger partial charge < -0.3 is 19.4 Å². The highest BCUT2D eigenvalue weighted by Crippen LogP contribution is 2.35. The average molecular weight is 521 g/mol. The van der Waals surface area contributed by atoms with E-state index in [0.29, 0.717) is 19.7 Å². The Morgan fingerprint density at radius 3 is 2.53 bits per heavy atom. The standard InChI is InChI=1S/C29H36N4O5/c34-28(35)21-32-12-10-29(11-13-32,37-22-24-4-2-1-3-5-24)19-26-18-27(31-38-26)25-8-6-23(7-9-25)20-30-33-14-16-36-17-15-33/h1-9,20,26H,10-19,21-22H2,(H,34,35)/b30-20+. The van der Waals surface area contributed by atoms with Crippen LogP contribution in [0.4, 0.5) is 0 Å². The Labute approximate surface area is 223 Å². The molecule has 3 aliphatic rings. The van der Waals surface area contributed by atoms with Crippen LogP contribution in [0.1, 0.15) is 42.4 Å². The summed E-state index contributed by atoms with van der Waals surface area (Å²) in [5.41, 5.74) is 3.78. The molecule has 2 fully saturated rings. The Hall–Kier alpha value is -3.27. The highest BCUT2D eigenvalue weighted by Gasteiger charge is 2.40. The van der Waals surface area contributed by atoms with Gasteiger partial charge in [-0.1, -0.05) is 59.8 Å². The van der Waals surface area contributed by atoms with Gasteiger partial charge >= 0.3 is 5.97 Å². The number of hydrazone groups is 1. The topological polar surface area (TPSA) is 96.2 Å². The van der Waals surface area contributed by atoms with Crippen LogP contribution in [0.2, 0.25) is 0 Å². The zero-order chi connectivity index (χ0) is 26.2. The van der Waals surface area contributed by atoms with Crippen molar-refractivity contribution in [1.29, 1.82) is 0 Å². The molecule has 2 saturated heterocycles. The maximum atomic E-state index is 11.2. The number of ether oxygens (including phenoxy) is 2. The fraction of sp³-hybridized carbons (Fsp3) is 0.483. The van der Waals surface area contributed by atoms with Gasteiger partial charge in [0.05, 0.1) is 57.0 Å². The number of hydrogen-bond donors (Lipinski definition) is 1. The molecule has 9 nitrogen and oxygen atoms in total. The monoisotopic (exact) mass is 520 g/mol. The third-order valence-corrected chi connectivity index (χ3v) is 7.45. The van der Waals surface area contributed by atoms with Gasteiger partial charge in [0.1, 0.15) is 6.10 Å². The third kappa shape index (κ3) is 7.18. The zero-order valence-electron chi connectivity index (χ0n) is 21.7. The predicted molar refractivity (Wildman–Crippen MR) is 144 cm³/mol. The molecule has 1 N–H and O–H groups in total. The molecule has 0 aromatic heterocycles. The molecule has 0 saturated carbocycles. The summed E-state index contributed by atoms with van der Waals surface area (Å²) in [7, 11) is 0. The van der Waals surface area contributed by atoms with Crippen LogP contribution in [0.15, 0.2) is 64.9 Å². The molecular weight excluding hydrogens is 484 g/mol. The molecule has 38 heavy (non-hydrogen) atoms. The van der Waals surface area contributed by atoms with Crippen molar-refractivity contribution in [2.45, 2.75) is 44.0 Å². The van der Waals surface area contributed by atoms with Gasteiger partial charge in [-0.05, 0) is 29.5 Å². The average Bonchev–Trinajstić information content (AvgIpc) is 3.41. The van der Waals surface area contributed by atoms with Gasteiger partial charge in [-0.3, -0.25) is 14.7 Å². The van der Waals surface area contributed by atoms with Crippen LogP contribution < -0.4 is 0 Å². The molecule has 1 atom stereocenters. The molecule has 0 amide bonds. The summed E-state index contributed by atoms with van der Waals surface area (Å²) in [4.78, 5) is 19.1. The van der Waals surface area contributed by atoms with Gasteiger partial charge in [-0.25, -0.2) is 0 Å². The molecule has 0 radical (unpaired) electrons. The molecule has 3 heterocycles. The van der Waals surface area contributed by atoms with E-state index in [1.54, 1.807) is 0 Å². The maximum absolute atomic E-state index is 11.2. The number of hydrogen-bond acceptors (Lipinski definition) is 8. The van der Waals surface area contributed by atoms with E-state index in [0.717, 1.165) is 74.4 Å². The number of nitrogens with zero attached hydrogens (tertiary/aromatic N) is 4. The number of carboxylic acids is 1. The van der Waals surface area contributed by atoms with E-state index >= 15 is 0 Å². The first-order chi connectivity index (χ1) is 18.6. The zero-order valence-corrected chi connectivity index (χ0v) is 21.7. The Bertz CT molecular complexity index is 1110. The second-order valence-electron chi connectivity index (χ2n) is 10.2. The molecule has 202 valence electrons. The summed E-state index contributed by atoms with van der Waals surface area (Å²) >= 11 is 0. The summed E-state index contributed by atoms with van der Waals surface area (Å²) < 4.78 is 11.9. The quantitative estimate of drug-likeness (QED) is 0.480. The highest BCUT2D eigenvalue weighted by molar-refractivity contribution is 6.01. The van der Waals surface area contributed by atoms with E-state index < -0.39 is 5.97 Å². The highest BCUT2D eigenvalue weighted by atomic mass is 16.6. The Morgan fingerprint density at radius 2 is 1.82 bits per heavy atom. The SMILES string of the molecule is O=C(O)CN1CCC(CC2CC(c3ccc(/C=N/N4CCOCC4)cc3)=NO2)(OCc2ccccc2)CC1. The van der Waals surface area contributed by atoms with E-state index in [1.807, 2.05) is 34.3 Å². The van der Waals surface area contributed by atoms with Crippen LogP contribution in [0.3, 0.4) is 0 Å². The largest absolute Gasteiger partial charge is 0.480 e. The molecule has 9 heteroatoms. The second-order valence-corrected chi connectivity index (χ2v) is 10.2. The Balaban J connectivity index is 1.18. The lowest BCUT2D eigenvalue weighted by Crippen LogP contribution is -2.49. The molecular formula is C29H36N4O5. The summed E-state index contributed by atoms with van der Waals surface area (Å²) in [5, 5.41) is 20.2. The molecule has 5 rings (SSSR count). The van der Waals surface area contributed by atoms with E-state index in [9.17, 15) is 9.90 Å². The first-order valence-electron chi connectivity index (χ1n) is 13.4. The smallest absolute Gasteiger partial charge is 0.317 e. The van der Waals surface area contributed by atoms with Gasteiger partial charge in [0.2, 0.25) is 0 Å². The molecule has 0 aliphatic carbocycles. The molecule has 0 spiro atoms. The normalized spacial score (nSPS) is 21.8. The number of aliphatic carboxylic acids is 1.